The van der Waals surface area contributed by atoms with E-state index < -0.39 is 17.7 Å². The number of aliphatic imine (C=N–C) groups is 1. The highest BCUT2D eigenvalue weighted by Crippen LogP contribution is 2.43. The van der Waals surface area contributed by atoms with E-state index in [4.69, 9.17) is 0 Å². The SMILES string of the molecule is O=C(O)c1cccc(-c2cccc(N=Cc3c(O)[nH]c4cc(C(F)(F)F)cc(C5=Cc6ccccc6C5)c34)c2O)c1. The number of para-hydroxylation sites is 1. The monoisotopic (exact) mass is 554 g/mol. The highest BCUT2D eigenvalue weighted by Gasteiger charge is 2.33. The molecule has 6 nitrogen and oxygen atoms in total. The van der Waals surface area contributed by atoms with E-state index in [-0.39, 0.29) is 34.0 Å². The Morgan fingerprint density at radius 1 is 0.927 bits per heavy atom. The van der Waals surface area contributed by atoms with E-state index in [9.17, 15) is 33.3 Å². The number of nitrogens with zero attached hydrogens (tertiary/aromatic N) is 1. The van der Waals surface area contributed by atoms with Gasteiger partial charge in [0.2, 0.25) is 0 Å². The van der Waals surface area contributed by atoms with Crippen LogP contribution in [0, 0.1) is 0 Å². The van der Waals surface area contributed by atoms with Crippen LogP contribution in [0.2, 0.25) is 0 Å². The molecule has 204 valence electrons. The number of phenolic OH excluding ortho intramolecular Hbond substituents is 1. The maximum Gasteiger partial charge on any atom is 0.416 e. The summed E-state index contributed by atoms with van der Waals surface area (Å²) in [5.41, 5.74) is 3.26. The quantitative estimate of drug-likeness (QED) is 0.166. The molecule has 9 heteroatoms. The Balaban J connectivity index is 1.47. The number of carboxylic acids is 1. The first-order chi connectivity index (χ1) is 19.6. The largest absolute Gasteiger partial charge is 0.505 e. The number of fused-ring (bicyclic) bond motifs is 2. The minimum atomic E-state index is -4.60. The standard InChI is InChI=1S/C32H21F3N2O4/c33-32(34,35)22-14-24(21-11-17-5-1-2-6-18(17)12-21)28-25(30(39)37-27(28)15-22)16-36-26-10-4-9-23(29(26)38)19-7-3-8-20(13-19)31(40)41/h1-11,13-16,37-39H,12H2,(H,40,41). The molecule has 5 aromatic rings. The molecule has 0 saturated carbocycles. The molecule has 0 bridgehead atoms. The van der Waals surface area contributed by atoms with Crippen molar-refractivity contribution in [2.75, 3.05) is 0 Å². The Morgan fingerprint density at radius 3 is 2.46 bits per heavy atom. The second-order valence-electron chi connectivity index (χ2n) is 9.69. The van der Waals surface area contributed by atoms with Gasteiger partial charge in [0, 0.05) is 17.2 Å². The minimum absolute atomic E-state index is 0.0497. The Bertz CT molecular complexity index is 1920. The zero-order valence-electron chi connectivity index (χ0n) is 21.2. The van der Waals surface area contributed by atoms with Crippen molar-refractivity contribution in [2.45, 2.75) is 12.6 Å². The molecule has 41 heavy (non-hydrogen) atoms. The number of aromatic nitrogens is 1. The molecule has 0 aliphatic heterocycles. The fourth-order valence-corrected chi connectivity index (χ4v) is 5.16. The third kappa shape index (κ3) is 4.71. The van der Waals surface area contributed by atoms with Gasteiger partial charge in [0.1, 0.15) is 11.4 Å². The molecule has 1 heterocycles. The van der Waals surface area contributed by atoms with Gasteiger partial charge < -0.3 is 20.3 Å². The molecule has 0 atom stereocenters. The molecule has 1 aliphatic rings. The minimum Gasteiger partial charge on any atom is -0.505 e. The van der Waals surface area contributed by atoms with E-state index in [1.165, 1.54) is 24.4 Å². The maximum absolute atomic E-state index is 13.8. The van der Waals surface area contributed by atoms with Crippen molar-refractivity contribution >= 4 is 40.4 Å². The van der Waals surface area contributed by atoms with Gasteiger partial charge in [-0.15, -0.1) is 0 Å². The molecule has 0 spiro atoms. The molecule has 4 N–H and O–H groups in total. The summed E-state index contributed by atoms with van der Waals surface area (Å²) in [5.74, 6) is -1.70. The number of phenols is 1. The van der Waals surface area contributed by atoms with Crippen LogP contribution in [0.25, 0.3) is 33.7 Å². The first-order valence-electron chi connectivity index (χ1n) is 12.5. The lowest BCUT2D eigenvalue weighted by molar-refractivity contribution is -0.137. The summed E-state index contributed by atoms with van der Waals surface area (Å²) in [6.07, 6.45) is -1.04. The van der Waals surface area contributed by atoms with Crippen molar-refractivity contribution in [1.82, 2.24) is 4.98 Å². The van der Waals surface area contributed by atoms with Gasteiger partial charge in [-0.25, -0.2) is 4.79 Å². The average Bonchev–Trinajstić information content (AvgIpc) is 3.52. The average molecular weight is 555 g/mol. The van der Waals surface area contributed by atoms with Crippen molar-refractivity contribution in [3.8, 4) is 22.8 Å². The van der Waals surface area contributed by atoms with Crippen LogP contribution < -0.4 is 0 Å². The lowest BCUT2D eigenvalue weighted by Gasteiger charge is -2.12. The summed E-state index contributed by atoms with van der Waals surface area (Å²) in [7, 11) is 0. The number of carboxylic acid groups (broad SMARTS) is 1. The number of nitrogens with one attached hydrogen (secondary N) is 1. The van der Waals surface area contributed by atoms with Gasteiger partial charge in [0.25, 0.3) is 0 Å². The number of aromatic hydroxyl groups is 2. The number of alkyl halides is 3. The normalized spacial score (nSPS) is 13.1. The molecule has 1 aromatic heterocycles. The van der Waals surface area contributed by atoms with Crippen LogP contribution in [0.4, 0.5) is 18.9 Å². The molecular formula is C32H21F3N2O4. The van der Waals surface area contributed by atoms with E-state index in [2.05, 4.69) is 9.98 Å². The second-order valence-corrected chi connectivity index (χ2v) is 9.69. The van der Waals surface area contributed by atoms with E-state index in [0.717, 1.165) is 23.3 Å². The highest BCUT2D eigenvalue weighted by atomic mass is 19.4. The van der Waals surface area contributed by atoms with Crippen molar-refractivity contribution in [1.29, 1.82) is 0 Å². The Kier molecular flexibility index (Phi) is 6.14. The van der Waals surface area contributed by atoms with Crippen LogP contribution in [0.3, 0.4) is 0 Å². The number of aromatic amines is 1. The molecule has 6 rings (SSSR count). The highest BCUT2D eigenvalue weighted by molar-refractivity contribution is 6.10. The number of rotatable bonds is 5. The van der Waals surface area contributed by atoms with E-state index >= 15 is 0 Å². The zero-order valence-corrected chi connectivity index (χ0v) is 21.2. The van der Waals surface area contributed by atoms with Crippen molar-refractivity contribution in [2.24, 2.45) is 4.99 Å². The molecule has 0 saturated heterocycles. The zero-order chi connectivity index (χ0) is 28.9. The number of H-pyrrole nitrogens is 1. The third-order valence-electron chi connectivity index (χ3n) is 7.12. The predicted octanol–water partition coefficient (Wildman–Crippen LogP) is 7.81. The van der Waals surface area contributed by atoms with Crippen LogP contribution in [0.1, 0.15) is 38.2 Å². The number of halogens is 3. The Labute approximate surface area is 231 Å². The molecule has 0 amide bonds. The number of carbonyl (C=O) groups is 1. The van der Waals surface area contributed by atoms with Crippen molar-refractivity contribution in [3.05, 3.63) is 112 Å². The number of hydrogen-bond acceptors (Lipinski definition) is 4. The number of benzene rings is 4. The number of allylic oxidation sites excluding steroid dienone is 1. The van der Waals surface area contributed by atoms with Crippen LogP contribution >= 0.6 is 0 Å². The van der Waals surface area contributed by atoms with Gasteiger partial charge in [-0.2, -0.15) is 13.2 Å². The van der Waals surface area contributed by atoms with Gasteiger partial charge in [-0.1, -0.05) is 54.6 Å². The molecule has 0 unspecified atom stereocenters. The van der Waals surface area contributed by atoms with Crippen LogP contribution in [0.5, 0.6) is 11.6 Å². The molecule has 0 fully saturated rings. The fourth-order valence-electron chi connectivity index (χ4n) is 5.16. The molecular weight excluding hydrogens is 533 g/mol. The Morgan fingerprint density at radius 2 is 1.71 bits per heavy atom. The summed E-state index contributed by atoms with van der Waals surface area (Å²) in [6.45, 7) is 0. The van der Waals surface area contributed by atoms with E-state index in [0.29, 0.717) is 34.1 Å². The number of aromatic carboxylic acids is 1. The van der Waals surface area contributed by atoms with Crippen molar-refractivity contribution < 1.29 is 33.3 Å². The maximum atomic E-state index is 13.8. The first-order valence-corrected chi connectivity index (χ1v) is 12.5. The summed E-state index contributed by atoms with van der Waals surface area (Å²) >= 11 is 0. The Hall–Kier alpha value is -5.31. The smallest absolute Gasteiger partial charge is 0.416 e. The van der Waals surface area contributed by atoms with Crippen LogP contribution in [0.15, 0.2) is 83.9 Å². The van der Waals surface area contributed by atoms with E-state index in [1.807, 2.05) is 30.3 Å². The van der Waals surface area contributed by atoms with Gasteiger partial charge in [-0.3, -0.25) is 4.99 Å². The van der Waals surface area contributed by atoms with Gasteiger partial charge in [-0.05, 0) is 64.6 Å². The van der Waals surface area contributed by atoms with E-state index in [1.54, 1.807) is 24.3 Å². The van der Waals surface area contributed by atoms with Crippen LogP contribution in [-0.4, -0.2) is 32.5 Å². The van der Waals surface area contributed by atoms with Gasteiger partial charge in [0.15, 0.2) is 5.88 Å². The van der Waals surface area contributed by atoms with Gasteiger partial charge >= 0.3 is 12.1 Å². The topological polar surface area (TPSA) is 106 Å². The second kappa shape index (κ2) is 9.71. The van der Waals surface area contributed by atoms with Gasteiger partial charge in [0.05, 0.1) is 22.2 Å². The van der Waals surface area contributed by atoms with Crippen molar-refractivity contribution in [3.63, 3.8) is 0 Å². The summed E-state index contributed by atoms with van der Waals surface area (Å²) in [4.78, 5) is 18.4. The summed E-state index contributed by atoms with van der Waals surface area (Å²) in [5, 5.41) is 31.4. The third-order valence-corrected chi connectivity index (χ3v) is 7.12. The fraction of sp³-hybridized carbons (Fsp3) is 0.0625. The first kappa shape index (κ1) is 25.9. The molecule has 4 aromatic carbocycles. The number of hydrogen-bond donors (Lipinski definition) is 4. The molecule has 0 radical (unpaired) electrons. The molecule has 1 aliphatic carbocycles. The van der Waals surface area contributed by atoms with Crippen LogP contribution in [-0.2, 0) is 12.6 Å². The summed E-state index contributed by atoms with van der Waals surface area (Å²) < 4.78 is 41.5. The predicted molar refractivity (Wildman–Crippen MR) is 151 cm³/mol. The summed E-state index contributed by atoms with van der Waals surface area (Å²) in [6, 6.07) is 20.4. The lowest BCUT2D eigenvalue weighted by atomic mass is 9.95. The lowest BCUT2D eigenvalue weighted by Crippen LogP contribution is -2.06.